The number of aromatic nitrogens is 1. The molecule has 0 spiro atoms. The number of hydrazine groups is 1. The highest BCUT2D eigenvalue weighted by atomic mass is 16.2. The maximum atomic E-state index is 12.5. The molecule has 0 aliphatic carbocycles. The molecule has 23 heavy (non-hydrogen) atoms. The summed E-state index contributed by atoms with van der Waals surface area (Å²) >= 11 is 0. The van der Waals surface area contributed by atoms with Crippen molar-refractivity contribution < 1.29 is 9.59 Å². The van der Waals surface area contributed by atoms with E-state index in [1.165, 1.54) is 10.0 Å². The van der Waals surface area contributed by atoms with Gasteiger partial charge in [0.25, 0.3) is 5.91 Å². The average molecular weight is 319 g/mol. The highest BCUT2D eigenvalue weighted by molar-refractivity contribution is 5.85. The molecule has 2 heterocycles. The third-order valence-electron chi connectivity index (χ3n) is 4.23. The van der Waals surface area contributed by atoms with E-state index in [1.54, 1.807) is 12.4 Å². The first-order valence-corrected chi connectivity index (χ1v) is 8.05. The molecule has 1 aromatic heterocycles. The fourth-order valence-corrected chi connectivity index (χ4v) is 2.49. The van der Waals surface area contributed by atoms with Crippen molar-refractivity contribution in [1.82, 2.24) is 20.3 Å². The molecule has 2 atom stereocenters. The first-order valence-electron chi connectivity index (χ1n) is 8.05. The standard InChI is InChI=1S/C16H25N5O2/c1-3-12(2)14(17)15(22)20-8-5-9-21(20)16(23)19-11-13-6-4-7-18-10-13/h4,6-7,10,12,14H,3,5,8-9,11,17H2,1-2H3,(H,19,23)/t12?,14-/m0/s1. The van der Waals surface area contributed by atoms with Gasteiger partial charge in [0.1, 0.15) is 0 Å². The Morgan fingerprint density at radius 2 is 2.13 bits per heavy atom. The Hall–Kier alpha value is -2.15. The van der Waals surface area contributed by atoms with Gasteiger partial charge in [-0.2, -0.15) is 0 Å². The zero-order valence-electron chi connectivity index (χ0n) is 13.7. The molecule has 1 aliphatic heterocycles. The van der Waals surface area contributed by atoms with E-state index in [9.17, 15) is 9.59 Å². The lowest BCUT2D eigenvalue weighted by atomic mass is 9.99. The molecule has 1 fully saturated rings. The second-order valence-corrected chi connectivity index (χ2v) is 5.87. The number of carbonyl (C=O) groups is 2. The number of rotatable bonds is 5. The van der Waals surface area contributed by atoms with Crippen LogP contribution in [-0.2, 0) is 11.3 Å². The number of carbonyl (C=O) groups excluding carboxylic acids is 2. The SMILES string of the molecule is CCC(C)[C@H](N)C(=O)N1CCCN1C(=O)NCc1cccnc1. The van der Waals surface area contributed by atoms with E-state index in [0.29, 0.717) is 19.6 Å². The maximum Gasteiger partial charge on any atom is 0.336 e. The van der Waals surface area contributed by atoms with Gasteiger partial charge >= 0.3 is 6.03 Å². The van der Waals surface area contributed by atoms with E-state index < -0.39 is 6.04 Å². The second-order valence-electron chi connectivity index (χ2n) is 5.87. The molecule has 1 aliphatic rings. The Kier molecular flexibility index (Phi) is 5.92. The lowest BCUT2D eigenvalue weighted by molar-refractivity contribution is -0.142. The Balaban J connectivity index is 1.95. The Bertz CT molecular complexity index is 537. The molecule has 7 heteroatoms. The van der Waals surface area contributed by atoms with Gasteiger partial charge in [0.15, 0.2) is 0 Å². The molecule has 0 radical (unpaired) electrons. The minimum absolute atomic E-state index is 0.0865. The van der Waals surface area contributed by atoms with Crippen LogP contribution in [0.15, 0.2) is 24.5 Å². The van der Waals surface area contributed by atoms with E-state index in [1.807, 2.05) is 26.0 Å². The van der Waals surface area contributed by atoms with Gasteiger partial charge < -0.3 is 11.1 Å². The molecule has 3 N–H and O–H groups in total. The summed E-state index contributed by atoms with van der Waals surface area (Å²) in [4.78, 5) is 28.9. The van der Waals surface area contributed by atoms with Gasteiger partial charge in [-0.05, 0) is 24.0 Å². The normalized spacial score (nSPS) is 17.0. The largest absolute Gasteiger partial charge is 0.336 e. The number of pyridine rings is 1. The minimum atomic E-state index is -0.577. The van der Waals surface area contributed by atoms with Crippen molar-refractivity contribution in [3.05, 3.63) is 30.1 Å². The van der Waals surface area contributed by atoms with Crippen LogP contribution in [0.25, 0.3) is 0 Å². The van der Waals surface area contributed by atoms with Crippen LogP contribution in [0.2, 0.25) is 0 Å². The van der Waals surface area contributed by atoms with Gasteiger partial charge in [0.2, 0.25) is 0 Å². The zero-order chi connectivity index (χ0) is 16.8. The van der Waals surface area contributed by atoms with Crippen LogP contribution in [0, 0.1) is 5.92 Å². The van der Waals surface area contributed by atoms with Gasteiger partial charge in [0.05, 0.1) is 6.04 Å². The summed E-state index contributed by atoms with van der Waals surface area (Å²) in [5.74, 6) is -0.100. The van der Waals surface area contributed by atoms with E-state index in [-0.39, 0.29) is 17.9 Å². The number of urea groups is 1. The molecule has 0 bridgehead atoms. The molecular weight excluding hydrogens is 294 g/mol. The van der Waals surface area contributed by atoms with Crippen molar-refractivity contribution in [3.8, 4) is 0 Å². The van der Waals surface area contributed by atoms with E-state index >= 15 is 0 Å². The minimum Gasteiger partial charge on any atom is -0.332 e. The molecular formula is C16H25N5O2. The van der Waals surface area contributed by atoms with Crippen molar-refractivity contribution in [1.29, 1.82) is 0 Å². The van der Waals surface area contributed by atoms with Gasteiger partial charge in [0, 0.05) is 32.0 Å². The Morgan fingerprint density at radius 3 is 2.78 bits per heavy atom. The monoisotopic (exact) mass is 319 g/mol. The molecule has 3 amide bonds. The maximum absolute atomic E-state index is 12.5. The van der Waals surface area contributed by atoms with E-state index in [0.717, 1.165) is 18.4 Å². The van der Waals surface area contributed by atoms with Gasteiger partial charge in [-0.1, -0.05) is 26.3 Å². The molecule has 1 saturated heterocycles. The lowest BCUT2D eigenvalue weighted by Crippen LogP contribution is -2.55. The summed E-state index contributed by atoms with van der Waals surface area (Å²) < 4.78 is 0. The van der Waals surface area contributed by atoms with Crippen molar-refractivity contribution >= 4 is 11.9 Å². The molecule has 1 aromatic rings. The Labute approximate surface area is 136 Å². The summed E-state index contributed by atoms with van der Waals surface area (Å²) in [6.07, 6.45) is 4.97. The average Bonchev–Trinajstić information content (AvgIpc) is 3.08. The summed E-state index contributed by atoms with van der Waals surface area (Å²) in [5, 5.41) is 5.76. The van der Waals surface area contributed by atoms with Gasteiger partial charge in [-0.25, -0.2) is 14.8 Å². The third kappa shape index (κ3) is 4.19. The second kappa shape index (κ2) is 7.92. The summed E-state index contributed by atoms with van der Waals surface area (Å²) in [7, 11) is 0. The first-order chi connectivity index (χ1) is 11.0. The molecule has 1 unspecified atom stereocenters. The zero-order valence-corrected chi connectivity index (χ0v) is 13.7. The Morgan fingerprint density at radius 1 is 1.39 bits per heavy atom. The number of amides is 3. The fraction of sp³-hybridized carbons (Fsp3) is 0.562. The quantitative estimate of drug-likeness (QED) is 0.850. The molecule has 7 nitrogen and oxygen atoms in total. The highest BCUT2D eigenvalue weighted by Crippen LogP contribution is 2.16. The smallest absolute Gasteiger partial charge is 0.332 e. The number of nitrogens with zero attached hydrogens (tertiary/aromatic N) is 3. The van der Waals surface area contributed by atoms with Gasteiger partial charge in [-0.3, -0.25) is 9.78 Å². The van der Waals surface area contributed by atoms with E-state index in [4.69, 9.17) is 5.73 Å². The van der Waals surface area contributed by atoms with Crippen LogP contribution >= 0.6 is 0 Å². The predicted octanol–water partition coefficient (Wildman–Crippen LogP) is 1.11. The summed E-state index contributed by atoms with van der Waals surface area (Å²) in [6, 6.07) is 2.85. The lowest BCUT2D eigenvalue weighted by Gasteiger charge is -2.31. The van der Waals surface area contributed by atoms with Crippen molar-refractivity contribution in [2.45, 2.75) is 39.3 Å². The van der Waals surface area contributed by atoms with Crippen molar-refractivity contribution in [2.75, 3.05) is 13.1 Å². The van der Waals surface area contributed by atoms with Crippen LogP contribution in [-0.4, -0.2) is 46.1 Å². The van der Waals surface area contributed by atoms with Crippen LogP contribution in [0.1, 0.15) is 32.3 Å². The van der Waals surface area contributed by atoms with Crippen LogP contribution in [0.4, 0.5) is 4.79 Å². The van der Waals surface area contributed by atoms with Crippen molar-refractivity contribution in [3.63, 3.8) is 0 Å². The third-order valence-corrected chi connectivity index (χ3v) is 4.23. The highest BCUT2D eigenvalue weighted by Gasteiger charge is 2.34. The summed E-state index contributed by atoms with van der Waals surface area (Å²) in [6.45, 7) is 5.38. The topological polar surface area (TPSA) is 91.6 Å². The van der Waals surface area contributed by atoms with E-state index in [2.05, 4.69) is 10.3 Å². The number of nitrogens with two attached hydrogens (primary N) is 1. The molecule has 0 saturated carbocycles. The number of nitrogens with one attached hydrogen (secondary N) is 1. The summed E-state index contributed by atoms with van der Waals surface area (Å²) in [5.41, 5.74) is 6.93. The molecule has 0 aromatic carbocycles. The molecule has 126 valence electrons. The van der Waals surface area contributed by atoms with Gasteiger partial charge in [-0.15, -0.1) is 0 Å². The number of hydrogen-bond acceptors (Lipinski definition) is 4. The number of hydrogen-bond donors (Lipinski definition) is 2. The van der Waals surface area contributed by atoms with Crippen LogP contribution < -0.4 is 11.1 Å². The van der Waals surface area contributed by atoms with Crippen molar-refractivity contribution in [2.24, 2.45) is 11.7 Å². The first kappa shape index (κ1) is 17.2. The molecule has 2 rings (SSSR count). The predicted molar refractivity (Wildman–Crippen MR) is 86.9 cm³/mol. The van der Waals surface area contributed by atoms with Crippen LogP contribution in [0.3, 0.4) is 0 Å². The van der Waals surface area contributed by atoms with Crippen LogP contribution in [0.5, 0.6) is 0 Å². The fourth-order valence-electron chi connectivity index (χ4n) is 2.49.